The lowest BCUT2D eigenvalue weighted by Gasteiger charge is -2.24. The van der Waals surface area contributed by atoms with Crippen LogP contribution in [0.5, 0.6) is 0 Å². The van der Waals surface area contributed by atoms with Crippen LogP contribution in [-0.4, -0.2) is 45.2 Å². The molecule has 29 heavy (non-hydrogen) atoms. The molecule has 8 heteroatoms. The summed E-state index contributed by atoms with van der Waals surface area (Å²) < 4.78 is 1.95. The molecule has 6 nitrogen and oxygen atoms in total. The molecular formula is C21H20Cl2N4O2. The first-order valence-corrected chi connectivity index (χ1v) is 10.2. The highest BCUT2D eigenvalue weighted by atomic mass is 35.5. The Labute approximate surface area is 178 Å². The summed E-state index contributed by atoms with van der Waals surface area (Å²) in [5.74, 6) is -0.375. The third-order valence-electron chi connectivity index (χ3n) is 5.02. The summed E-state index contributed by atoms with van der Waals surface area (Å²) in [6, 6.07) is 10.1. The summed E-state index contributed by atoms with van der Waals surface area (Å²) in [5.41, 5.74) is 2.18. The van der Waals surface area contributed by atoms with Crippen LogP contribution in [0.2, 0.25) is 10.0 Å². The molecule has 2 amide bonds. The fourth-order valence-corrected chi connectivity index (χ4v) is 4.19. The molecule has 1 aliphatic heterocycles. The molecule has 1 fully saturated rings. The van der Waals surface area contributed by atoms with Gasteiger partial charge in [-0.2, -0.15) is 0 Å². The molecule has 1 aliphatic rings. The van der Waals surface area contributed by atoms with Crippen molar-refractivity contribution in [2.75, 3.05) is 13.1 Å². The van der Waals surface area contributed by atoms with Gasteiger partial charge in [0.05, 0.1) is 5.69 Å². The first kappa shape index (κ1) is 19.7. The van der Waals surface area contributed by atoms with E-state index in [0.29, 0.717) is 41.5 Å². The topological polar surface area (TPSA) is 66.7 Å². The van der Waals surface area contributed by atoms with Crippen molar-refractivity contribution in [2.45, 2.75) is 25.3 Å². The highest BCUT2D eigenvalue weighted by Gasteiger charge is 2.34. The van der Waals surface area contributed by atoms with Gasteiger partial charge < -0.3 is 14.6 Å². The van der Waals surface area contributed by atoms with Crippen LogP contribution in [0, 0.1) is 0 Å². The average molecular weight is 431 g/mol. The van der Waals surface area contributed by atoms with Crippen LogP contribution in [-0.2, 0) is 11.2 Å². The number of halogens is 2. The minimum Gasteiger partial charge on any atom is -0.354 e. The van der Waals surface area contributed by atoms with E-state index >= 15 is 0 Å². The van der Waals surface area contributed by atoms with Crippen LogP contribution in [0.25, 0.3) is 5.65 Å². The number of rotatable bonds is 5. The Morgan fingerprint density at radius 1 is 1.17 bits per heavy atom. The van der Waals surface area contributed by atoms with Crippen molar-refractivity contribution in [3.63, 3.8) is 0 Å². The summed E-state index contributed by atoms with van der Waals surface area (Å²) in [7, 11) is 0. The molecule has 0 bridgehead atoms. The quantitative estimate of drug-likeness (QED) is 0.672. The minimum absolute atomic E-state index is 0.146. The smallest absolute Gasteiger partial charge is 0.254 e. The maximum absolute atomic E-state index is 12.9. The third kappa shape index (κ3) is 4.38. The molecule has 1 atom stereocenters. The number of nitrogens with zero attached hydrogens (tertiary/aromatic N) is 3. The first-order valence-electron chi connectivity index (χ1n) is 9.48. The molecule has 1 N–H and O–H groups in total. The number of nitrogens with one attached hydrogen (secondary N) is 1. The van der Waals surface area contributed by atoms with E-state index in [1.54, 1.807) is 23.1 Å². The highest BCUT2D eigenvalue weighted by Crippen LogP contribution is 2.24. The van der Waals surface area contributed by atoms with Crippen LogP contribution >= 0.6 is 23.2 Å². The van der Waals surface area contributed by atoms with Gasteiger partial charge in [0.1, 0.15) is 11.7 Å². The molecule has 0 saturated carbocycles. The molecular weight excluding hydrogens is 411 g/mol. The fourth-order valence-electron chi connectivity index (χ4n) is 3.66. The van der Waals surface area contributed by atoms with E-state index < -0.39 is 6.04 Å². The van der Waals surface area contributed by atoms with Gasteiger partial charge in [-0.25, -0.2) is 4.98 Å². The minimum atomic E-state index is -0.485. The standard InChI is InChI=1S/C21H20Cl2N4O2/c22-15-10-14(11-16(23)12-15)21(29)27-9-3-4-18(27)20(28)24-7-6-17-13-26-8-2-1-5-19(26)25-17/h1-2,5,8,10-13,18H,3-4,6-7,9H2,(H,24,28). The lowest BCUT2D eigenvalue weighted by Crippen LogP contribution is -2.46. The summed E-state index contributed by atoms with van der Waals surface area (Å²) in [6.07, 6.45) is 5.94. The number of benzene rings is 1. The van der Waals surface area contributed by atoms with E-state index in [9.17, 15) is 9.59 Å². The number of hydrogen-bond donors (Lipinski definition) is 1. The van der Waals surface area contributed by atoms with Gasteiger partial charge in [-0.1, -0.05) is 29.3 Å². The van der Waals surface area contributed by atoms with Gasteiger partial charge in [-0.15, -0.1) is 0 Å². The number of carbonyl (C=O) groups is 2. The zero-order chi connectivity index (χ0) is 20.4. The van der Waals surface area contributed by atoms with Crippen molar-refractivity contribution in [3.05, 3.63) is 70.1 Å². The second-order valence-corrected chi connectivity index (χ2v) is 7.93. The molecule has 1 aromatic carbocycles. The third-order valence-corrected chi connectivity index (χ3v) is 5.46. The number of pyridine rings is 1. The monoisotopic (exact) mass is 430 g/mol. The average Bonchev–Trinajstić information content (AvgIpc) is 3.33. The van der Waals surface area contributed by atoms with Gasteiger partial charge in [0.25, 0.3) is 5.91 Å². The predicted octanol–water partition coefficient (Wildman–Crippen LogP) is 3.60. The Bertz CT molecular complexity index is 1010. The number of imidazole rings is 1. The molecule has 0 aliphatic carbocycles. The summed E-state index contributed by atoms with van der Waals surface area (Å²) in [6.45, 7) is 0.998. The molecule has 150 valence electrons. The number of fused-ring (bicyclic) bond motifs is 1. The molecule has 1 unspecified atom stereocenters. The second-order valence-electron chi connectivity index (χ2n) is 7.05. The molecule has 0 spiro atoms. The maximum Gasteiger partial charge on any atom is 0.254 e. The lowest BCUT2D eigenvalue weighted by atomic mass is 10.1. The molecule has 4 rings (SSSR count). The molecule has 3 heterocycles. The Kier molecular flexibility index (Phi) is 5.74. The van der Waals surface area contributed by atoms with Gasteiger partial charge in [0.2, 0.25) is 5.91 Å². The van der Waals surface area contributed by atoms with Crippen LogP contribution in [0.4, 0.5) is 0 Å². The Balaban J connectivity index is 1.37. The van der Waals surface area contributed by atoms with Crippen molar-refractivity contribution in [3.8, 4) is 0 Å². The lowest BCUT2D eigenvalue weighted by molar-refractivity contribution is -0.124. The van der Waals surface area contributed by atoms with E-state index in [0.717, 1.165) is 17.8 Å². The van der Waals surface area contributed by atoms with Crippen LogP contribution in [0.15, 0.2) is 48.8 Å². The predicted molar refractivity (Wildman–Crippen MR) is 112 cm³/mol. The largest absolute Gasteiger partial charge is 0.354 e. The maximum atomic E-state index is 12.9. The zero-order valence-electron chi connectivity index (χ0n) is 15.6. The molecule has 0 radical (unpaired) electrons. The molecule has 2 aromatic heterocycles. The number of aromatic nitrogens is 2. The van der Waals surface area contributed by atoms with Gasteiger partial charge >= 0.3 is 0 Å². The van der Waals surface area contributed by atoms with Gasteiger partial charge in [-0.3, -0.25) is 9.59 Å². The first-order chi connectivity index (χ1) is 14.0. The van der Waals surface area contributed by atoms with E-state index in [1.165, 1.54) is 0 Å². The van der Waals surface area contributed by atoms with Gasteiger partial charge in [-0.05, 0) is 43.2 Å². The highest BCUT2D eigenvalue weighted by molar-refractivity contribution is 6.35. The van der Waals surface area contributed by atoms with Crippen LogP contribution in [0.3, 0.4) is 0 Å². The van der Waals surface area contributed by atoms with E-state index in [-0.39, 0.29) is 11.8 Å². The Morgan fingerprint density at radius 3 is 2.72 bits per heavy atom. The zero-order valence-corrected chi connectivity index (χ0v) is 17.2. The van der Waals surface area contributed by atoms with Gasteiger partial charge in [0.15, 0.2) is 0 Å². The summed E-state index contributed by atoms with van der Waals surface area (Å²) in [4.78, 5) is 31.7. The van der Waals surface area contributed by atoms with Crippen LogP contribution in [0.1, 0.15) is 28.9 Å². The SMILES string of the molecule is O=C(NCCc1cn2ccccc2n1)C1CCCN1C(=O)c1cc(Cl)cc(Cl)c1. The normalized spacial score (nSPS) is 16.3. The van der Waals surface area contributed by atoms with Crippen LogP contribution < -0.4 is 5.32 Å². The second kappa shape index (κ2) is 8.43. The number of carbonyl (C=O) groups excluding carboxylic acids is 2. The molecule has 1 saturated heterocycles. The number of hydrogen-bond acceptors (Lipinski definition) is 3. The Hall–Kier alpha value is -2.57. The molecule has 3 aromatic rings. The number of likely N-dealkylation sites (tertiary alicyclic amines) is 1. The van der Waals surface area contributed by atoms with Crippen molar-refractivity contribution in [1.82, 2.24) is 19.6 Å². The van der Waals surface area contributed by atoms with Crippen molar-refractivity contribution in [1.29, 1.82) is 0 Å². The Morgan fingerprint density at radius 2 is 1.97 bits per heavy atom. The fraction of sp³-hybridized carbons (Fsp3) is 0.286. The van der Waals surface area contributed by atoms with Gasteiger partial charge in [0, 0.05) is 47.5 Å². The summed E-state index contributed by atoms with van der Waals surface area (Å²) >= 11 is 12.0. The number of amides is 2. The van der Waals surface area contributed by atoms with Crippen molar-refractivity contribution >= 4 is 40.7 Å². The van der Waals surface area contributed by atoms with E-state index in [4.69, 9.17) is 23.2 Å². The van der Waals surface area contributed by atoms with Crippen molar-refractivity contribution in [2.24, 2.45) is 0 Å². The summed E-state index contributed by atoms with van der Waals surface area (Å²) in [5, 5.41) is 3.74. The van der Waals surface area contributed by atoms with E-state index in [2.05, 4.69) is 10.3 Å². The van der Waals surface area contributed by atoms with E-state index in [1.807, 2.05) is 35.0 Å². The van der Waals surface area contributed by atoms with Crippen molar-refractivity contribution < 1.29 is 9.59 Å².